The van der Waals surface area contributed by atoms with Crippen molar-refractivity contribution in [1.29, 1.82) is 0 Å². The second-order valence-electron chi connectivity index (χ2n) is 4.43. The highest BCUT2D eigenvalue weighted by atomic mass is 32.2. The summed E-state index contributed by atoms with van der Waals surface area (Å²) in [5.74, 6) is 0. The molecule has 1 aromatic heterocycles. The fourth-order valence-electron chi connectivity index (χ4n) is 1.78. The third kappa shape index (κ3) is 3.55. The van der Waals surface area contributed by atoms with Crippen molar-refractivity contribution in [1.82, 2.24) is 9.97 Å². The van der Waals surface area contributed by atoms with Crippen LogP contribution in [0.2, 0.25) is 0 Å². The van der Waals surface area contributed by atoms with Crippen LogP contribution in [0, 0.1) is 6.92 Å². The maximum atomic E-state index is 5.81. The van der Waals surface area contributed by atoms with E-state index in [0.717, 1.165) is 11.4 Å². The zero-order valence-corrected chi connectivity index (χ0v) is 11.4. The van der Waals surface area contributed by atoms with Crippen LogP contribution >= 0.6 is 11.8 Å². The highest BCUT2D eigenvalue weighted by Gasteiger charge is 2.04. The molecule has 2 N–H and O–H groups in total. The number of benzene rings is 1. The van der Waals surface area contributed by atoms with Crippen LogP contribution in [0.4, 0.5) is 0 Å². The Labute approximate surface area is 112 Å². The Balaban J connectivity index is 2.15. The van der Waals surface area contributed by atoms with Gasteiger partial charge in [0.25, 0.3) is 0 Å². The molecule has 0 bridgehead atoms. The van der Waals surface area contributed by atoms with Crippen molar-refractivity contribution in [3.8, 4) is 0 Å². The van der Waals surface area contributed by atoms with E-state index in [0.29, 0.717) is 0 Å². The molecule has 1 atom stereocenters. The van der Waals surface area contributed by atoms with E-state index in [4.69, 9.17) is 5.73 Å². The van der Waals surface area contributed by atoms with Gasteiger partial charge in [-0.05, 0) is 43.5 Å². The second-order valence-corrected chi connectivity index (χ2v) is 5.49. The highest BCUT2D eigenvalue weighted by molar-refractivity contribution is 7.99. The molecule has 94 valence electrons. The van der Waals surface area contributed by atoms with Gasteiger partial charge in [-0.3, -0.25) is 0 Å². The van der Waals surface area contributed by atoms with Crippen molar-refractivity contribution in [3.05, 3.63) is 47.9 Å². The summed E-state index contributed by atoms with van der Waals surface area (Å²) in [5, 5.41) is 0.966. The van der Waals surface area contributed by atoms with Crippen LogP contribution in [-0.2, 0) is 6.42 Å². The second kappa shape index (κ2) is 5.98. The maximum Gasteiger partial charge on any atom is 0.116 e. The summed E-state index contributed by atoms with van der Waals surface area (Å²) in [4.78, 5) is 9.36. The third-order valence-corrected chi connectivity index (χ3v) is 3.69. The Hall–Kier alpha value is -1.39. The van der Waals surface area contributed by atoms with E-state index in [9.17, 15) is 0 Å². The van der Waals surface area contributed by atoms with Crippen molar-refractivity contribution in [2.45, 2.75) is 36.2 Å². The topological polar surface area (TPSA) is 51.8 Å². The zero-order chi connectivity index (χ0) is 13.0. The summed E-state index contributed by atoms with van der Waals surface area (Å²) in [6.45, 7) is 4.15. The van der Waals surface area contributed by atoms with Gasteiger partial charge in [-0.15, -0.1) is 0 Å². The summed E-state index contributed by atoms with van der Waals surface area (Å²) in [5.41, 5.74) is 8.36. The van der Waals surface area contributed by atoms with Gasteiger partial charge < -0.3 is 5.73 Å². The number of aryl methyl sites for hydroxylation is 1. The summed E-state index contributed by atoms with van der Waals surface area (Å²) in [7, 11) is 0. The Morgan fingerprint density at radius 3 is 2.78 bits per heavy atom. The van der Waals surface area contributed by atoms with Crippen molar-refractivity contribution >= 4 is 11.8 Å². The lowest BCUT2D eigenvalue weighted by molar-refractivity contribution is 0.737. The number of nitrogens with zero attached hydrogens (tertiary/aromatic N) is 2. The number of hydrogen-bond donors (Lipinski definition) is 1. The molecule has 3 nitrogen and oxygen atoms in total. The fraction of sp³-hybridized carbons (Fsp3) is 0.286. The van der Waals surface area contributed by atoms with E-state index in [2.05, 4.69) is 35.1 Å². The number of nitrogens with two attached hydrogens (primary N) is 1. The SMILES string of the molecule is Cc1cc(CC(C)N)ccc1Sc1ccncn1. The van der Waals surface area contributed by atoms with Crippen LogP contribution in [-0.4, -0.2) is 16.0 Å². The molecule has 0 saturated carbocycles. The van der Waals surface area contributed by atoms with E-state index >= 15 is 0 Å². The molecule has 2 rings (SSSR count). The maximum absolute atomic E-state index is 5.81. The summed E-state index contributed by atoms with van der Waals surface area (Å²) in [6.07, 6.45) is 4.25. The van der Waals surface area contributed by atoms with Crippen LogP contribution in [0.3, 0.4) is 0 Å². The Morgan fingerprint density at radius 1 is 1.33 bits per heavy atom. The molecule has 0 radical (unpaired) electrons. The Morgan fingerprint density at radius 2 is 2.17 bits per heavy atom. The predicted molar refractivity (Wildman–Crippen MR) is 74.7 cm³/mol. The molecular weight excluding hydrogens is 242 g/mol. The quantitative estimate of drug-likeness (QED) is 0.858. The third-order valence-electron chi connectivity index (χ3n) is 2.57. The number of hydrogen-bond acceptors (Lipinski definition) is 4. The van der Waals surface area contributed by atoms with Crippen LogP contribution in [0.25, 0.3) is 0 Å². The summed E-state index contributed by atoms with van der Waals surface area (Å²) >= 11 is 1.66. The smallest absolute Gasteiger partial charge is 0.116 e. The minimum Gasteiger partial charge on any atom is -0.328 e. The van der Waals surface area contributed by atoms with Gasteiger partial charge in [-0.25, -0.2) is 9.97 Å². The first-order valence-electron chi connectivity index (χ1n) is 5.94. The van der Waals surface area contributed by atoms with Gasteiger partial charge in [-0.2, -0.15) is 0 Å². The Bertz CT molecular complexity index is 512. The summed E-state index contributed by atoms with van der Waals surface area (Å²) in [6, 6.07) is 8.59. The van der Waals surface area contributed by atoms with Crippen LogP contribution in [0.1, 0.15) is 18.1 Å². The van der Waals surface area contributed by atoms with Gasteiger partial charge in [-0.1, -0.05) is 23.9 Å². The fourth-order valence-corrected chi connectivity index (χ4v) is 2.59. The van der Waals surface area contributed by atoms with E-state index in [-0.39, 0.29) is 6.04 Å². The van der Waals surface area contributed by atoms with Gasteiger partial charge in [0.1, 0.15) is 11.4 Å². The van der Waals surface area contributed by atoms with Crippen molar-refractivity contribution in [2.75, 3.05) is 0 Å². The van der Waals surface area contributed by atoms with E-state index < -0.39 is 0 Å². The van der Waals surface area contributed by atoms with E-state index in [1.54, 1.807) is 24.3 Å². The predicted octanol–water partition coefficient (Wildman–Crippen LogP) is 2.83. The molecular formula is C14H17N3S. The van der Waals surface area contributed by atoms with Crippen molar-refractivity contribution in [3.63, 3.8) is 0 Å². The molecule has 0 aliphatic rings. The normalized spacial score (nSPS) is 12.4. The van der Waals surface area contributed by atoms with E-state index in [1.165, 1.54) is 16.0 Å². The molecule has 0 amide bonds. The zero-order valence-electron chi connectivity index (χ0n) is 10.6. The molecule has 0 aliphatic heterocycles. The van der Waals surface area contributed by atoms with E-state index in [1.807, 2.05) is 13.0 Å². The average molecular weight is 259 g/mol. The van der Waals surface area contributed by atoms with Gasteiger partial charge in [0.15, 0.2) is 0 Å². The first kappa shape index (κ1) is 13.1. The molecule has 1 unspecified atom stereocenters. The van der Waals surface area contributed by atoms with Gasteiger partial charge in [0.2, 0.25) is 0 Å². The highest BCUT2D eigenvalue weighted by Crippen LogP contribution is 2.29. The number of aromatic nitrogens is 2. The molecule has 1 aromatic carbocycles. The lowest BCUT2D eigenvalue weighted by Crippen LogP contribution is -2.17. The van der Waals surface area contributed by atoms with Crippen LogP contribution in [0.5, 0.6) is 0 Å². The van der Waals surface area contributed by atoms with Crippen molar-refractivity contribution < 1.29 is 0 Å². The molecule has 2 aromatic rings. The lowest BCUT2D eigenvalue weighted by atomic mass is 10.1. The molecule has 0 aliphatic carbocycles. The standard InChI is InChI=1S/C14H17N3S/c1-10-7-12(8-11(2)15)3-4-13(10)18-14-5-6-16-9-17-14/h3-7,9,11H,8,15H2,1-2H3. The Kier molecular flexibility index (Phi) is 4.33. The first-order valence-corrected chi connectivity index (χ1v) is 6.76. The number of rotatable bonds is 4. The lowest BCUT2D eigenvalue weighted by Gasteiger charge is -2.09. The first-order chi connectivity index (χ1) is 8.65. The largest absolute Gasteiger partial charge is 0.328 e. The summed E-state index contributed by atoms with van der Waals surface area (Å²) < 4.78 is 0. The molecule has 18 heavy (non-hydrogen) atoms. The van der Waals surface area contributed by atoms with Gasteiger partial charge in [0, 0.05) is 17.1 Å². The minimum absolute atomic E-state index is 0.199. The van der Waals surface area contributed by atoms with Crippen LogP contribution < -0.4 is 5.73 Å². The van der Waals surface area contributed by atoms with Crippen LogP contribution in [0.15, 0.2) is 46.7 Å². The van der Waals surface area contributed by atoms with Gasteiger partial charge in [0.05, 0.1) is 0 Å². The molecule has 1 heterocycles. The van der Waals surface area contributed by atoms with Crippen molar-refractivity contribution in [2.24, 2.45) is 5.73 Å². The minimum atomic E-state index is 0.199. The molecule has 0 spiro atoms. The molecule has 4 heteroatoms. The molecule has 0 saturated heterocycles. The van der Waals surface area contributed by atoms with Gasteiger partial charge >= 0.3 is 0 Å². The average Bonchev–Trinajstić information content (AvgIpc) is 2.33. The monoisotopic (exact) mass is 259 g/mol. The molecule has 0 fully saturated rings.